The maximum absolute atomic E-state index is 5.36. The second-order valence-corrected chi connectivity index (χ2v) is 9.01. The van der Waals surface area contributed by atoms with Crippen molar-refractivity contribution in [2.45, 2.75) is 44.6 Å². The molecule has 5 rings (SSSR count). The van der Waals surface area contributed by atoms with Crippen LogP contribution in [-0.2, 0) is 4.74 Å². The number of pyridine rings is 1. The van der Waals surface area contributed by atoms with E-state index in [1.165, 1.54) is 46.8 Å². The van der Waals surface area contributed by atoms with Gasteiger partial charge in [-0.25, -0.2) is 9.97 Å². The van der Waals surface area contributed by atoms with Gasteiger partial charge in [-0.1, -0.05) is 31.3 Å². The highest BCUT2D eigenvalue weighted by Gasteiger charge is 2.31. The second-order valence-electron chi connectivity index (χ2n) is 8.00. The maximum atomic E-state index is 5.36. The molecule has 2 fully saturated rings. The lowest BCUT2D eigenvalue weighted by atomic mass is 9.96. The van der Waals surface area contributed by atoms with E-state index in [9.17, 15) is 0 Å². The van der Waals surface area contributed by atoms with Gasteiger partial charge in [0.25, 0.3) is 0 Å². The molecule has 0 amide bonds. The zero-order valence-corrected chi connectivity index (χ0v) is 16.8. The van der Waals surface area contributed by atoms with Crippen LogP contribution in [0.5, 0.6) is 0 Å². The van der Waals surface area contributed by atoms with Gasteiger partial charge >= 0.3 is 0 Å². The molecule has 3 aromatic rings. The number of thiazole rings is 1. The third kappa shape index (κ3) is 3.10. The van der Waals surface area contributed by atoms with Crippen molar-refractivity contribution in [3.63, 3.8) is 0 Å². The number of hydrogen-bond acceptors (Lipinski definition) is 5. The van der Waals surface area contributed by atoms with Gasteiger partial charge in [-0.15, -0.1) is 0 Å². The molecule has 0 radical (unpaired) electrons. The van der Waals surface area contributed by atoms with Gasteiger partial charge in [-0.3, -0.25) is 9.47 Å². The van der Waals surface area contributed by atoms with Crippen LogP contribution in [0.3, 0.4) is 0 Å². The number of likely N-dealkylation sites (tertiary alicyclic amines) is 1. The maximum Gasteiger partial charge on any atom is 0.137 e. The fourth-order valence-electron chi connectivity index (χ4n) is 4.15. The van der Waals surface area contributed by atoms with E-state index < -0.39 is 0 Å². The summed E-state index contributed by atoms with van der Waals surface area (Å²) in [7, 11) is 0. The minimum atomic E-state index is 0.452. The molecular formula is C21H26N4OS. The van der Waals surface area contributed by atoms with E-state index in [1.54, 1.807) is 0 Å². The van der Waals surface area contributed by atoms with Gasteiger partial charge in [0.05, 0.1) is 24.3 Å². The largest absolute Gasteiger partial charge is 0.378 e. The van der Waals surface area contributed by atoms with Crippen LogP contribution in [0.15, 0.2) is 30.6 Å². The van der Waals surface area contributed by atoms with Gasteiger partial charge in [-0.2, -0.15) is 0 Å². The Morgan fingerprint density at radius 2 is 2.00 bits per heavy atom. The van der Waals surface area contributed by atoms with E-state index in [4.69, 9.17) is 9.72 Å². The number of nitrogens with zero attached hydrogens (tertiary/aromatic N) is 4. The summed E-state index contributed by atoms with van der Waals surface area (Å²) in [5, 5.41) is 1.30. The number of hydrogen-bond donors (Lipinski definition) is 0. The Labute approximate surface area is 164 Å². The summed E-state index contributed by atoms with van der Waals surface area (Å²) in [6.07, 6.45) is 6.49. The van der Waals surface area contributed by atoms with Crippen molar-refractivity contribution in [1.29, 1.82) is 0 Å². The van der Waals surface area contributed by atoms with E-state index in [0.29, 0.717) is 17.9 Å². The molecular weight excluding hydrogens is 356 g/mol. The van der Waals surface area contributed by atoms with Crippen LogP contribution in [0.1, 0.15) is 49.1 Å². The summed E-state index contributed by atoms with van der Waals surface area (Å²) in [5.74, 6) is 2.01. The van der Waals surface area contributed by atoms with Gasteiger partial charge in [-0.05, 0) is 44.0 Å². The fourth-order valence-corrected chi connectivity index (χ4v) is 5.39. The van der Waals surface area contributed by atoms with Gasteiger partial charge in [0.2, 0.25) is 0 Å². The molecule has 0 saturated carbocycles. The summed E-state index contributed by atoms with van der Waals surface area (Å²) in [6, 6.07) is 6.74. The minimum absolute atomic E-state index is 0.452. The quantitative estimate of drug-likeness (QED) is 0.679. The first kappa shape index (κ1) is 17.3. The van der Waals surface area contributed by atoms with Crippen molar-refractivity contribution in [2.24, 2.45) is 0 Å². The monoisotopic (exact) mass is 382 g/mol. The predicted octanol–water partition coefficient (Wildman–Crippen LogP) is 4.18. The zero-order valence-electron chi connectivity index (χ0n) is 16.0. The van der Waals surface area contributed by atoms with Crippen LogP contribution in [0.2, 0.25) is 0 Å². The van der Waals surface area contributed by atoms with Gasteiger partial charge < -0.3 is 4.74 Å². The zero-order chi connectivity index (χ0) is 18.4. The lowest BCUT2D eigenvalue weighted by molar-refractivity contribution is -0.0712. The summed E-state index contributed by atoms with van der Waals surface area (Å²) < 4.78 is 7.59. The first-order valence-corrected chi connectivity index (χ1v) is 10.8. The van der Waals surface area contributed by atoms with Crippen molar-refractivity contribution < 1.29 is 4.74 Å². The molecule has 0 bridgehead atoms. The normalized spacial score (nSPS) is 19.8. The van der Waals surface area contributed by atoms with Crippen LogP contribution in [-0.4, -0.2) is 51.8 Å². The summed E-state index contributed by atoms with van der Waals surface area (Å²) >= 11 is 1.86. The molecule has 6 heteroatoms. The Morgan fingerprint density at radius 3 is 2.63 bits per heavy atom. The molecule has 5 heterocycles. The Hall–Kier alpha value is -1.76. The van der Waals surface area contributed by atoms with Crippen molar-refractivity contribution in [3.8, 4) is 5.82 Å². The van der Waals surface area contributed by atoms with E-state index in [2.05, 4.69) is 40.6 Å². The van der Waals surface area contributed by atoms with Crippen LogP contribution < -0.4 is 0 Å². The standard InChI is InChI=1S/C21H26N4OS/c1-14(2)17-11-25(18-5-3-4-8-22-18)21-19(17)23-20(27-21)15-6-9-24(10-7-15)16-12-26-13-16/h3-5,8,11,14-16H,6-7,9-10,12-13H2,1-2H3. The summed E-state index contributed by atoms with van der Waals surface area (Å²) in [5.41, 5.74) is 2.49. The SMILES string of the molecule is CC(C)c1cn(-c2ccccn2)c2sc(C3CCN(C4COC4)CC3)nc12. The first-order valence-electron chi connectivity index (χ1n) is 9.95. The van der Waals surface area contributed by atoms with Crippen molar-refractivity contribution in [1.82, 2.24) is 19.4 Å². The number of piperidine rings is 1. The van der Waals surface area contributed by atoms with E-state index in [0.717, 1.165) is 19.0 Å². The average molecular weight is 383 g/mol. The Kier molecular flexibility index (Phi) is 4.50. The Bertz CT molecular complexity index is 920. The van der Waals surface area contributed by atoms with Crippen LogP contribution in [0.25, 0.3) is 16.2 Å². The number of rotatable bonds is 4. The fraction of sp³-hybridized carbons (Fsp3) is 0.524. The number of aromatic nitrogens is 3. The molecule has 2 aliphatic heterocycles. The van der Waals surface area contributed by atoms with Gasteiger partial charge in [0.1, 0.15) is 16.2 Å². The van der Waals surface area contributed by atoms with Crippen LogP contribution in [0, 0.1) is 0 Å². The first-order chi connectivity index (χ1) is 13.2. The van der Waals surface area contributed by atoms with Gasteiger partial charge in [0.15, 0.2) is 0 Å². The highest BCUT2D eigenvalue weighted by atomic mass is 32.1. The molecule has 3 aromatic heterocycles. The van der Waals surface area contributed by atoms with Crippen LogP contribution >= 0.6 is 11.3 Å². The molecule has 0 unspecified atom stereocenters. The third-order valence-corrected chi connectivity index (χ3v) is 7.14. The van der Waals surface area contributed by atoms with Crippen molar-refractivity contribution >= 4 is 21.7 Å². The smallest absolute Gasteiger partial charge is 0.137 e. The molecule has 0 aliphatic carbocycles. The molecule has 142 valence electrons. The molecule has 5 nitrogen and oxygen atoms in total. The van der Waals surface area contributed by atoms with E-state index in [1.807, 2.05) is 29.7 Å². The lowest BCUT2D eigenvalue weighted by Gasteiger charge is -2.41. The minimum Gasteiger partial charge on any atom is -0.378 e. The average Bonchev–Trinajstić information content (AvgIpc) is 3.21. The van der Waals surface area contributed by atoms with Crippen molar-refractivity contribution in [2.75, 3.05) is 26.3 Å². The number of fused-ring (bicyclic) bond motifs is 1. The third-order valence-electron chi connectivity index (χ3n) is 5.92. The second kappa shape index (κ2) is 7.00. The predicted molar refractivity (Wildman–Crippen MR) is 109 cm³/mol. The van der Waals surface area contributed by atoms with Crippen molar-refractivity contribution in [3.05, 3.63) is 41.2 Å². The highest BCUT2D eigenvalue weighted by molar-refractivity contribution is 7.18. The Balaban J connectivity index is 1.46. The molecule has 2 saturated heterocycles. The number of ether oxygens (including phenoxy) is 1. The molecule has 27 heavy (non-hydrogen) atoms. The molecule has 2 aliphatic rings. The lowest BCUT2D eigenvalue weighted by Crippen LogP contribution is -2.51. The molecule has 0 N–H and O–H groups in total. The van der Waals surface area contributed by atoms with E-state index >= 15 is 0 Å². The Morgan fingerprint density at radius 1 is 1.19 bits per heavy atom. The van der Waals surface area contributed by atoms with E-state index in [-0.39, 0.29) is 0 Å². The summed E-state index contributed by atoms with van der Waals surface area (Å²) in [4.78, 5) is 13.5. The molecule has 0 aromatic carbocycles. The molecule has 0 atom stereocenters. The molecule has 0 spiro atoms. The highest BCUT2D eigenvalue weighted by Crippen LogP contribution is 2.38. The topological polar surface area (TPSA) is 43.2 Å². The summed E-state index contributed by atoms with van der Waals surface area (Å²) in [6.45, 7) is 8.65. The van der Waals surface area contributed by atoms with Crippen LogP contribution in [0.4, 0.5) is 0 Å². The van der Waals surface area contributed by atoms with Gasteiger partial charge in [0, 0.05) is 23.9 Å².